The van der Waals surface area contributed by atoms with Crippen molar-refractivity contribution in [3.05, 3.63) is 248 Å². The number of carbonyl (C=O) groups is 1. The van der Waals surface area contributed by atoms with E-state index in [4.69, 9.17) is 24.1 Å². The summed E-state index contributed by atoms with van der Waals surface area (Å²) >= 11 is -0.472. The number of hydrogen-bond donors (Lipinski definition) is 0. The van der Waals surface area contributed by atoms with E-state index >= 15 is 0 Å². The minimum Gasteiger partial charge on any atom is -0.310 e. The van der Waals surface area contributed by atoms with Gasteiger partial charge < -0.3 is 9.69 Å². The van der Waals surface area contributed by atoms with Crippen LogP contribution in [0, 0.1) is 23.5 Å². The summed E-state index contributed by atoms with van der Waals surface area (Å²) in [5.74, 6) is -0.141. The van der Waals surface area contributed by atoms with Crippen LogP contribution in [0.2, 0.25) is 0 Å². The molecule has 0 amide bonds. The molecule has 15 heteroatoms. The van der Waals surface area contributed by atoms with Gasteiger partial charge in [0.05, 0.1) is 28.8 Å². The number of benzene rings is 6. The van der Waals surface area contributed by atoms with Gasteiger partial charge in [-0.05, 0) is 96.3 Å². The Labute approximate surface area is 407 Å². The maximum absolute atomic E-state index is 12.8. The number of rotatable bonds is 9. The van der Waals surface area contributed by atoms with Crippen molar-refractivity contribution in [2.24, 2.45) is 0 Å². The first-order valence-electron chi connectivity index (χ1n) is 19.5. The van der Waals surface area contributed by atoms with Crippen LogP contribution in [0.15, 0.2) is 219 Å². The summed E-state index contributed by atoms with van der Waals surface area (Å²) in [5.41, 5.74) is 8.31. The molecule has 6 aromatic carbocycles. The summed E-state index contributed by atoms with van der Waals surface area (Å²) in [7, 11) is 9.75. The minimum absolute atomic E-state index is 0. The van der Waals surface area contributed by atoms with E-state index in [-0.39, 0.29) is 26.8 Å². The van der Waals surface area contributed by atoms with E-state index in [1.165, 1.54) is 0 Å². The summed E-state index contributed by atoms with van der Waals surface area (Å²) in [5, 5.41) is 25.3. The molecule has 4 heterocycles. The van der Waals surface area contributed by atoms with Gasteiger partial charge >= 0.3 is 56.4 Å². The van der Waals surface area contributed by atoms with Gasteiger partial charge in [0.2, 0.25) is 0 Å². The quantitative estimate of drug-likeness (QED) is 0.104. The van der Waals surface area contributed by atoms with Crippen molar-refractivity contribution in [1.29, 1.82) is 5.26 Å². The summed E-state index contributed by atoms with van der Waals surface area (Å²) in [6.07, 6.45) is 14.5. The molecule has 0 atom stereocenters. The van der Waals surface area contributed by atoms with Gasteiger partial charge in [-0.15, -0.1) is 59.7 Å². The molecule has 0 saturated carbocycles. The monoisotopic (exact) mass is 1250 g/mol. The molecule has 11 nitrogen and oxygen atoms in total. The number of ketones is 1. The SMILES string of the molecule is N#Cc1ccccc1.O=C(c1[c-]c(-n2cccn2)ccc1)c1[c-]c(-n2cccn2)ccc1.[Cl][Pt][Cl].[Pt+2].c1ccc(N(c2cccc(-n3cccn3)c2)c2cccc(-n3cccn3)c2)cc1. The zero-order chi connectivity index (χ0) is 44.4. The third kappa shape index (κ3) is 13.1. The Morgan fingerprint density at radius 1 is 0.508 bits per heavy atom. The molecule has 0 aliphatic heterocycles. The van der Waals surface area contributed by atoms with Crippen molar-refractivity contribution in [2.75, 3.05) is 4.90 Å². The van der Waals surface area contributed by atoms with Crippen LogP contribution in [0.25, 0.3) is 22.7 Å². The first kappa shape index (κ1) is 47.6. The van der Waals surface area contributed by atoms with Gasteiger partial charge in [-0.2, -0.15) is 25.7 Å². The number of nitrogens with zero attached hydrogens (tertiary/aromatic N) is 10. The van der Waals surface area contributed by atoms with Crippen LogP contribution < -0.4 is 4.90 Å². The average Bonchev–Trinajstić information content (AvgIpc) is 4.23. The molecule has 10 aromatic rings. The molecule has 326 valence electrons. The smallest absolute Gasteiger partial charge is 0.310 e. The van der Waals surface area contributed by atoms with Crippen LogP contribution in [0.4, 0.5) is 17.1 Å². The van der Waals surface area contributed by atoms with Crippen LogP contribution in [0.5, 0.6) is 0 Å². The molecule has 0 fully saturated rings. The largest absolute Gasteiger partial charge is 2.00 e. The van der Waals surface area contributed by atoms with E-state index < -0.39 is 16.5 Å². The fourth-order valence-corrected chi connectivity index (χ4v) is 6.34. The van der Waals surface area contributed by atoms with Gasteiger partial charge in [-0.1, -0.05) is 48.5 Å². The first-order chi connectivity index (χ1) is 31.5. The topological polar surface area (TPSA) is 115 Å². The maximum Gasteiger partial charge on any atom is 2.00 e. The Balaban J connectivity index is 0.000000175. The Morgan fingerprint density at radius 3 is 1.28 bits per heavy atom. The fourth-order valence-electron chi connectivity index (χ4n) is 6.34. The average molecular weight is 1250 g/mol. The molecule has 65 heavy (non-hydrogen) atoms. The van der Waals surface area contributed by atoms with Crippen LogP contribution in [-0.2, 0) is 37.5 Å². The number of aromatic nitrogens is 8. The standard InChI is InChI=1S/C24H19N5.C19H12N4O.C7H5N.2ClH.2Pt/c1-2-8-20(9-3-1)29(23-12-4-10-21(18-23)27-16-6-14-25-27)24-13-5-11-22(19-24)28-17-7-15-26-28;24-19(15-5-1-7-17(13-15)22-11-3-9-20-22)16-6-2-8-18(14-16)23-12-4-10-21-23;8-6-7-4-2-1-3-5-7;;;;/h1-19H;1-12H;1-5H;2*1H;;/q;-2;;;;2*+2/p-2. The molecule has 0 saturated heterocycles. The van der Waals surface area contributed by atoms with Gasteiger partial charge in [0.15, 0.2) is 0 Å². The molecule has 0 unspecified atom stereocenters. The van der Waals surface area contributed by atoms with Crippen LogP contribution >= 0.6 is 18.8 Å². The van der Waals surface area contributed by atoms with Gasteiger partial charge in [0.1, 0.15) is 0 Å². The Kier molecular flexibility index (Phi) is 18.1. The van der Waals surface area contributed by atoms with Crippen LogP contribution in [-0.4, -0.2) is 44.9 Å². The second-order valence-corrected chi connectivity index (χ2v) is 16.5. The number of carbonyl (C=O) groups excluding carboxylic acids is 1. The molecular weight excluding hydrogens is 1220 g/mol. The Morgan fingerprint density at radius 2 is 0.892 bits per heavy atom. The molecule has 0 radical (unpaired) electrons. The second-order valence-electron chi connectivity index (χ2n) is 13.3. The van der Waals surface area contributed by atoms with E-state index in [0.29, 0.717) is 28.1 Å². The number of hydrogen-bond acceptors (Lipinski definition) is 7. The predicted octanol–water partition coefficient (Wildman–Crippen LogP) is 11.3. The minimum atomic E-state index is -0.472. The molecule has 4 aromatic heterocycles. The third-order valence-corrected chi connectivity index (χ3v) is 9.18. The predicted molar refractivity (Wildman–Crippen MR) is 246 cm³/mol. The molecule has 0 spiro atoms. The summed E-state index contributed by atoms with van der Waals surface area (Å²) in [6.45, 7) is 0. The number of halogens is 2. The molecule has 0 aliphatic rings. The van der Waals surface area contributed by atoms with Gasteiger partial charge in [0, 0.05) is 66.6 Å². The summed E-state index contributed by atoms with van der Waals surface area (Å²) in [4.78, 5) is 15.0. The second kappa shape index (κ2) is 24.8. The van der Waals surface area contributed by atoms with Gasteiger partial charge in [-0.3, -0.25) is 9.36 Å². The Hall–Kier alpha value is -6.92. The number of anilines is 3. The number of nitriles is 1. The van der Waals surface area contributed by atoms with Crippen LogP contribution in [0.1, 0.15) is 21.5 Å². The van der Waals surface area contributed by atoms with Crippen molar-refractivity contribution in [3.63, 3.8) is 0 Å². The summed E-state index contributed by atoms with van der Waals surface area (Å²) in [6, 6.07) is 62.8. The van der Waals surface area contributed by atoms with Gasteiger partial charge in [0.25, 0.3) is 0 Å². The first-order valence-corrected chi connectivity index (χ1v) is 25.1. The molecule has 10 rings (SSSR count). The van der Waals surface area contributed by atoms with Crippen molar-refractivity contribution in [1.82, 2.24) is 39.1 Å². The molecule has 0 aliphatic carbocycles. The number of para-hydroxylation sites is 1. The van der Waals surface area contributed by atoms with Crippen molar-refractivity contribution >= 4 is 41.7 Å². The molecular formula is C50H36Cl2N10OPt2. The normalized spacial score (nSPS) is 10.0. The van der Waals surface area contributed by atoms with E-state index in [1.54, 1.807) is 58.4 Å². The zero-order valence-corrected chi connectivity index (χ0v) is 40.1. The van der Waals surface area contributed by atoms with E-state index in [0.717, 1.165) is 28.4 Å². The molecule has 0 N–H and O–H groups in total. The molecule has 0 bridgehead atoms. The van der Waals surface area contributed by atoms with Crippen LogP contribution in [0.3, 0.4) is 0 Å². The Bertz CT molecular complexity index is 2820. The maximum atomic E-state index is 12.8. The van der Waals surface area contributed by atoms with E-state index in [1.807, 2.05) is 113 Å². The third-order valence-electron chi connectivity index (χ3n) is 9.18. The van der Waals surface area contributed by atoms with Crippen molar-refractivity contribution < 1.29 is 42.3 Å². The van der Waals surface area contributed by atoms with E-state index in [9.17, 15) is 4.79 Å². The van der Waals surface area contributed by atoms with Crippen molar-refractivity contribution in [3.8, 4) is 28.8 Å². The van der Waals surface area contributed by atoms with E-state index in [2.05, 4.69) is 110 Å². The summed E-state index contributed by atoms with van der Waals surface area (Å²) < 4.78 is 7.07. The van der Waals surface area contributed by atoms with Crippen molar-refractivity contribution in [2.45, 2.75) is 0 Å². The zero-order valence-electron chi connectivity index (χ0n) is 34.1. The van der Waals surface area contributed by atoms with Gasteiger partial charge in [-0.25, -0.2) is 9.36 Å². The fraction of sp³-hybridized carbons (Fsp3) is 0.